The van der Waals surface area contributed by atoms with E-state index < -0.39 is 65.8 Å². The van der Waals surface area contributed by atoms with Crippen LogP contribution < -0.4 is 0 Å². The summed E-state index contributed by atoms with van der Waals surface area (Å²) in [7, 11) is 3.85. The standard InChI is InChI=1S/C29H53NO9/c1-11-20-28(8,33)25-17(5)23-14(2)13-27(7,38-23)24(16(4)21(31)18(6)29(34,37-20)39-25)36-26-22(32)19(30(9)10)12-15(3)35-26/h14-26,31-34H,11-13H2,1-10H3/t14-,15?,16-,17-,18+,19?,20+,21-,22?,23?,24+,25+,26-,27-,28+,29-/m0/s1. The molecule has 10 nitrogen and oxygen atoms in total. The van der Waals surface area contributed by atoms with Crippen molar-refractivity contribution in [2.24, 2.45) is 23.7 Å². The van der Waals surface area contributed by atoms with Crippen LogP contribution in [0.4, 0.5) is 0 Å². The highest BCUT2D eigenvalue weighted by molar-refractivity contribution is 5.07. The number of rotatable bonds is 4. The van der Waals surface area contributed by atoms with Crippen molar-refractivity contribution in [2.45, 2.75) is 147 Å². The molecule has 4 unspecified atom stereocenters. The van der Waals surface area contributed by atoms with Crippen LogP contribution in [0.2, 0.25) is 0 Å². The topological polar surface area (TPSA) is 130 Å². The third-order valence-corrected chi connectivity index (χ3v) is 10.2. The van der Waals surface area contributed by atoms with Gasteiger partial charge in [0.25, 0.3) is 5.97 Å². The number of hydrogen-bond donors (Lipinski definition) is 4. The van der Waals surface area contributed by atoms with Gasteiger partial charge in [0.2, 0.25) is 0 Å². The van der Waals surface area contributed by atoms with Crippen LogP contribution in [0.15, 0.2) is 0 Å². The van der Waals surface area contributed by atoms with Crippen LogP contribution in [-0.4, -0.2) is 112 Å². The monoisotopic (exact) mass is 559 g/mol. The summed E-state index contributed by atoms with van der Waals surface area (Å²) in [5, 5.41) is 46.3. The van der Waals surface area contributed by atoms with E-state index in [4.69, 9.17) is 23.7 Å². The van der Waals surface area contributed by atoms with Crippen LogP contribution in [0.25, 0.3) is 0 Å². The van der Waals surface area contributed by atoms with E-state index in [0.29, 0.717) is 19.3 Å². The van der Waals surface area contributed by atoms with Crippen LogP contribution in [0.1, 0.15) is 74.7 Å². The van der Waals surface area contributed by atoms with Crippen molar-refractivity contribution in [2.75, 3.05) is 14.1 Å². The highest BCUT2D eigenvalue weighted by Crippen LogP contribution is 2.51. The second-order valence-electron chi connectivity index (χ2n) is 13.6. The first-order chi connectivity index (χ1) is 18.0. The molecule has 0 amide bonds. The summed E-state index contributed by atoms with van der Waals surface area (Å²) in [6.45, 7) is 15.1. The summed E-state index contributed by atoms with van der Waals surface area (Å²) in [4.78, 5) is 1.98. The second-order valence-corrected chi connectivity index (χ2v) is 13.6. The van der Waals surface area contributed by atoms with Crippen molar-refractivity contribution >= 4 is 0 Å². The number of fused-ring (bicyclic) bond motifs is 4. The van der Waals surface area contributed by atoms with Gasteiger partial charge < -0.3 is 49.0 Å². The van der Waals surface area contributed by atoms with Crippen molar-refractivity contribution in [3.63, 3.8) is 0 Å². The molecule has 4 N–H and O–H groups in total. The minimum Gasteiger partial charge on any atom is -0.392 e. The van der Waals surface area contributed by atoms with Crippen LogP contribution in [0.5, 0.6) is 0 Å². The number of hydrogen-bond acceptors (Lipinski definition) is 10. The first kappa shape index (κ1) is 31.5. The maximum Gasteiger partial charge on any atom is 0.286 e. The molecule has 0 aromatic heterocycles. The number of aliphatic hydroxyl groups excluding tert-OH is 2. The largest absolute Gasteiger partial charge is 0.392 e. The smallest absolute Gasteiger partial charge is 0.286 e. The van der Waals surface area contributed by atoms with E-state index in [1.165, 1.54) is 0 Å². The second kappa shape index (κ2) is 11.0. The number of ether oxygens (including phenoxy) is 5. The average Bonchev–Trinajstić information content (AvgIpc) is 3.17. The SMILES string of the molecule is CC[C@H]1O[C@]2(O)O[C@H]([C@@H](C)C3O[C@@](C)(C[C@@H]3C)[C@H](O[C@@H]3OC(C)CC(N(C)C)C3O)[C@@H](C)[C@H](O)[C@H]2C)[C@]1(C)O. The van der Waals surface area contributed by atoms with Gasteiger partial charge in [-0.2, -0.15) is 0 Å². The first-order valence-corrected chi connectivity index (χ1v) is 14.8. The Morgan fingerprint density at radius 2 is 1.56 bits per heavy atom. The average molecular weight is 560 g/mol. The third kappa shape index (κ3) is 5.44. The Balaban J connectivity index is 1.76. The summed E-state index contributed by atoms with van der Waals surface area (Å²) in [5.41, 5.74) is -2.23. The molecule has 10 heteroatoms. The van der Waals surface area contributed by atoms with Crippen LogP contribution in [0, 0.1) is 23.7 Å². The zero-order valence-corrected chi connectivity index (χ0v) is 25.4. The van der Waals surface area contributed by atoms with Crippen LogP contribution in [-0.2, 0) is 23.7 Å². The van der Waals surface area contributed by atoms with Crippen LogP contribution in [0.3, 0.4) is 0 Å². The Hall–Kier alpha value is -0.400. The Morgan fingerprint density at radius 3 is 2.15 bits per heavy atom. The molecule has 4 fully saturated rings. The summed E-state index contributed by atoms with van der Waals surface area (Å²) < 4.78 is 31.8. The third-order valence-electron chi connectivity index (χ3n) is 10.2. The molecule has 4 saturated heterocycles. The van der Waals surface area contributed by atoms with Gasteiger partial charge in [0.15, 0.2) is 6.29 Å². The fourth-order valence-electron chi connectivity index (χ4n) is 7.87. The quantitative estimate of drug-likeness (QED) is 0.405. The van der Waals surface area contributed by atoms with Crippen molar-refractivity contribution < 1.29 is 44.1 Å². The maximum atomic E-state index is 11.7. The Morgan fingerprint density at radius 1 is 0.923 bits per heavy atom. The number of nitrogens with zero attached hydrogens (tertiary/aromatic N) is 1. The molecule has 4 aliphatic heterocycles. The molecular weight excluding hydrogens is 506 g/mol. The summed E-state index contributed by atoms with van der Waals surface area (Å²) in [6.07, 6.45) is -3.85. The number of aliphatic hydroxyl groups is 4. The Labute approximate surface area is 233 Å². The van der Waals surface area contributed by atoms with Crippen molar-refractivity contribution in [3.8, 4) is 0 Å². The predicted molar refractivity (Wildman–Crippen MR) is 143 cm³/mol. The molecule has 16 atom stereocenters. The molecule has 0 aliphatic carbocycles. The lowest BCUT2D eigenvalue weighted by atomic mass is 9.74. The molecule has 0 spiro atoms. The van der Waals surface area contributed by atoms with Gasteiger partial charge in [-0.15, -0.1) is 0 Å². The fourth-order valence-corrected chi connectivity index (χ4v) is 7.87. The summed E-state index contributed by atoms with van der Waals surface area (Å²) >= 11 is 0. The van der Waals surface area contributed by atoms with E-state index in [1.54, 1.807) is 13.8 Å². The van der Waals surface area contributed by atoms with E-state index in [9.17, 15) is 20.4 Å². The van der Waals surface area contributed by atoms with Gasteiger partial charge in [0.1, 0.15) is 11.7 Å². The summed E-state index contributed by atoms with van der Waals surface area (Å²) in [5.74, 6) is -3.82. The van der Waals surface area contributed by atoms with E-state index in [1.807, 2.05) is 53.6 Å². The van der Waals surface area contributed by atoms with Gasteiger partial charge in [-0.25, -0.2) is 0 Å². The Kier molecular flexibility index (Phi) is 8.91. The molecular formula is C29H53NO9. The van der Waals surface area contributed by atoms with Gasteiger partial charge in [-0.05, 0) is 60.0 Å². The lowest BCUT2D eigenvalue weighted by Crippen LogP contribution is -2.68. The van der Waals surface area contributed by atoms with E-state index in [0.717, 1.165) is 0 Å². The highest BCUT2D eigenvalue weighted by atomic mass is 16.8. The van der Waals surface area contributed by atoms with E-state index in [2.05, 4.69) is 6.92 Å². The molecule has 4 bridgehead atoms. The predicted octanol–water partition coefficient (Wildman–Crippen LogP) is 1.86. The van der Waals surface area contributed by atoms with E-state index in [-0.39, 0.29) is 30.1 Å². The maximum absolute atomic E-state index is 11.7. The molecule has 0 aromatic rings. The molecule has 0 saturated carbocycles. The van der Waals surface area contributed by atoms with E-state index >= 15 is 0 Å². The molecule has 4 heterocycles. The van der Waals surface area contributed by atoms with Crippen molar-refractivity contribution in [3.05, 3.63) is 0 Å². The lowest BCUT2D eigenvalue weighted by molar-refractivity contribution is -0.478. The molecule has 0 aromatic carbocycles. The van der Waals surface area contributed by atoms with Gasteiger partial charge in [0, 0.05) is 17.9 Å². The van der Waals surface area contributed by atoms with Crippen molar-refractivity contribution in [1.82, 2.24) is 4.90 Å². The zero-order chi connectivity index (χ0) is 29.2. The zero-order valence-electron chi connectivity index (χ0n) is 25.4. The molecule has 4 rings (SSSR count). The van der Waals surface area contributed by atoms with Gasteiger partial charge in [-0.1, -0.05) is 34.6 Å². The molecule has 228 valence electrons. The molecule has 4 aliphatic rings. The molecule has 0 radical (unpaired) electrons. The van der Waals surface area contributed by atoms with Gasteiger partial charge in [-0.3, -0.25) is 0 Å². The highest BCUT2D eigenvalue weighted by Gasteiger charge is 2.63. The van der Waals surface area contributed by atoms with Crippen LogP contribution >= 0.6 is 0 Å². The minimum absolute atomic E-state index is 0.0679. The fraction of sp³-hybridized carbons (Fsp3) is 1.00. The van der Waals surface area contributed by atoms with Gasteiger partial charge >= 0.3 is 0 Å². The van der Waals surface area contributed by atoms with Crippen molar-refractivity contribution in [1.29, 1.82) is 0 Å². The number of likely N-dealkylation sites (N-methyl/N-ethyl adjacent to an activating group) is 1. The summed E-state index contributed by atoms with van der Waals surface area (Å²) in [6, 6.07) is -0.153. The molecule has 39 heavy (non-hydrogen) atoms. The normalized spacial score (nSPS) is 56.8. The lowest BCUT2D eigenvalue weighted by Gasteiger charge is -2.54. The first-order valence-electron chi connectivity index (χ1n) is 14.8. The Bertz CT molecular complexity index is 859. The van der Waals surface area contributed by atoms with Gasteiger partial charge in [0.05, 0.1) is 48.1 Å². The minimum atomic E-state index is -2.13.